The van der Waals surface area contributed by atoms with Gasteiger partial charge in [-0.2, -0.15) is 5.10 Å². The molecular formula is C21H23N3O3. The van der Waals surface area contributed by atoms with Gasteiger partial charge >= 0.3 is 0 Å². The zero-order valence-electron chi connectivity index (χ0n) is 15.7. The van der Waals surface area contributed by atoms with Crippen molar-refractivity contribution in [3.63, 3.8) is 0 Å². The highest BCUT2D eigenvalue weighted by Gasteiger charge is 2.19. The number of rotatable bonds is 6. The molecule has 0 radical (unpaired) electrons. The molecule has 6 heteroatoms. The number of anilines is 1. The predicted molar refractivity (Wildman–Crippen MR) is 107 cm³/mol. The average Bonchev–Trinajstić information content (AvgIpc) is 2.67. The second-order valence-electron chi connectivity index (χ2n) is 6.54. The summed E-state index contributed by atoms with van der Waals surface area (Å²) in [5.41, 5.74) is 0.581. The van der Waals surface area contributed by atoms with E-state index in [1.165, 1.54) is 4.68 Å². The van der Waals surface area contributed by atoms with Crippen LogP contribution >= 0.6 is 0 Å². The highest BCUT2D eigenvalue weighted by Crippen LogP contribution is 2.25. The first-order valence-electron chi connectivity index (χ1n) is 9.07. The SMILES string of the molecule is CCCOc1ccccc1NC(=O)c1nn(C(C)C)c(=O)c2ccccc12. The number of aromatic nitrogens is 2. The van der Waals surface area contributed by atoms with Gasteiger partial charge < -0.3 is 10.1 Å². The van der Waals surface area contributed by atoms with E-state index in [1.54, 1.807) is 30.3 Å². The first-order valence-corrected chi connectivity index (χ1v) is 9.07. The second-order valence-corrected chi connectivity index (χ2v) is 6.54. The number of fused-ring (bicyclic) bond motifs is 1. The summed E-state index contributed by atoms with van der Waals surface area (Å²) in [6, 6.07) is 14.1. The summed E-state index contributed by atoms with van der Waals surface area (Å²) >= 11 is 0. The first-order chi connectivity index (χ1) is 13.0. The topological polar surface area (TPSA) is 73.2 Å². The lowest BCUT2D eigenvalue weighted by molar-refractivity contribution is 0.102. The van der Waals surface area contributed by atoms with Gasteiger partial charge in [0, 0.05) is 5.39 Å². The van der Waals surface area contributed by atoms with E-state index in [1.807, 2.05) is 39.0 Å². The Kier molecular flexibility index (Phi) is 5.54. The molecule has 0 aliphatic rings. The zero-order valence-corrected chi connectivity index (χ0v) is 15.7. The smallest absolute Gasteiger partial charge is 0.276 e. The lowest BCUT2D eigenvalue weighted by Gasteiger charge is -2.15. The highest BCUT2D eigenvalue weighted by molar-refractivity contribution is 6.11. The normalized spacial score (nSPS) is 11.0. The van der Waals surface area contributed by atoms with Crippen LogP contribution in [-0.4, -0.2) is 22.3 Å². The number of nitrogens with one attached hydrogen (secondary N) is 1. The van der Waals surface area contributed by atoms with E-state index in [4.69, 9.17) is 4.74 Å². The van der Waals surface area contributed by atoms with Crippen LogP contribution in [0.25, 0.3) is 10.8 Å². The van der Waals surface area contributed by atoms with E-state index in [0.29, 0.717) is 28.8 Å². The largest absolute Gasteiger partial charge is 0.491 e. The Morgan fingerprint density at radius 3 is 2.48 bits per heavy atom. The summed E-state index contributed by atoms with van der Waals surface area (Å²) < 4.78 is 7.05. The van der Waals surface area contributed by atoms with Crippen LogP contribution in [0.5, 0.6) is 5.75 Å². The maximum atomic E-state index is 13.0. The number of amides is 1. The van der Waals surface area contributed by atoms with Gasteiger partial charge in [-0.1, -0.05) is 37.3 Å². The van der Waals surface area contributed by atoms with Crippen LogP contribution in [0.1, 0.15) is 43.7 Å². The van der Waals surface area contributed by atoms with Crippen LogP contribution in [0, 0.1) is 0 Å². The monoisotopic (exact) mass is 365 g/mol. The van der Waals surface area contributed by atoms with Crippen LogP contribution in [0.3, 0.4) is 0 Å². The van der Waals surface area contributed by atoms with Crippen LogP contribution < -0.4 is 15.6 Å². The van der Waals surface area contributed by atoms with Gasteiger partial charge in [0.25, 0.3) is 11.5 Å². The third kappa shape index (κ3) is 3.84. The fraction of sp³-hybridized carbons (Fsp3) is 0.286. The molecule has 0 aliphatic heterocycles. The number of hydrogen-bond donors (Lipinski definition) is 1. The van der Waals surface area contributed by atoms with Crippen molar-refractivity contribution in [1.29, 1.82) is 0 Å². The van der Waals surface area contributed by atoms with Crippen molar-refractivity contribution in [3.05, 3.63) is 64.6 Å². The Morgan fingerprint density at radius 1 is 1.11 bits per heavy atom. The molecule has 1 heterocycles. The highest BCUT2D eigenvalue weighted by atomic mass is 16.5. The minimum Gasteiger partial charge on any atom is -0.491 e. The fourth-order valence-corrected chi connectivity index (χ4v) is 2.81. The summed E-state index contributed by atoms with van der Waals surface area (Å²) in [5.74, 6) is 0.224. The van der Waals surface area contributed by atoms with Crippen molar-refractivity contribution in [3.8, 4) is 5.75 Å². The number of carbonyl (C=O) groups is 1. The molecule has 0 aliphatic carbocycles. The molecule has 1 N–H and O–H groups in total. The third-order valence-electron chi connectivity index (χ3n) is 4.13. The lowest BCUT2D eigenvalue weighted by Crippen LogP contribution is -2.29. The molecule has 3 rings (SSSR count). The number of para-hydroxylation sites is 2. The van der Waals surface area contributed by atoms with Crippen molar-refractivity contribution in [2.24, 2.45) is 0 Å². The third-order valence-corrected chi connectivity index (χ3v) is 4.13. The number of nitrogens with zero attached hydrogens (tertiary/aromatic N) is 2. The molecule has 3 aromatic rings. The Labute approximate surface area is 157 Å². The van der Waals surface area contributed by atoms with Crippen molar-refractivity contribution in [2.75, 3.05) is 11.9 Å². The molecule has 1 amide bonds. The summed E-state index contributed by atoms with van der Waals surface area (Å²) in [7, 11) is 0. The van der Waals surface area contributed by atoms with Crippen molar-refractivity contribution >= 4 is 22.4 Å². The van der Waals surface area contributed by atoms with Crippen LogP contribution in [0.2, 0.25) is 0 Å². The summed E-state index contributed by atoms with van der Waals surface area (Å²) in [6.07, 6.45) is 0.869. The standard InChI is InChI=1S/C21H23N3O3/c1-4-13-27-18-12-8-7-11-17(18)22-20(25)19-15-9-5-6-10-16(15)21(26)24(23-19)14(2)3/h5-12,14H,4,13H2,1-3H3,(H,22,25). The summed E-state index contributed by atoms with van der Waals surface area (Å²) in [6.45, 7) is 6.30. The molecular weight excluding hydrogens is 342 g/mol. The Hall–Kier alpha value is -3.15. The van der Waals surface area contributed by atoms with Gasteiger partial charge in [-0.15, -0.1) is 0 Å². The molecule has 6 nitrogen and oxygen atoms in total. The Morgan fingerprint density at radius 2 is 1.78 bits per heavy atom. The minimum absolute atomic E-state index is 0.158. The van der Waals surface area contributed by atoms with Gasteiger partial charge in [0.05, 0.1) is 23.7 Å². The molecule has 0 unspecified atom stereocenters. The lowest BCUT2D eigenvalue weighted by atomic mass is 10.1. The van der Waals surface area contributed by atoms with Gasteiger partial charge in [-0.25, -0.2) is 4.68 Å². The Balaban J connectivity index is 2.04. The number of carbonyl (C=O) groups excluding carboxylic acids is 1. The molecule has 0 fully saturated rings. The van der Waals surface area contributed by atoms with Crippen LogP contribution in [0.15, 0.2) is 53.3 Å². The van der Waals surface area contributed by atoms with E-state index in [9.17, 15) is 9.59 Å². The van der Waals surface area contributed by atoms with Crippen molar-refractivity contribution in [1.82, 2.24) is 9.78 Å². The molecule has 0 atom stereocenters. The predicted octanol–water partition coefficient (Wildman–Crippen LogP) is 4.02. The zero-order chi connectivity index (χ0) is 19.4. The minimum atomic E-state index is -0.381. The van der Waals surface area contributed by atoms with Gasteiger partial charge in [-0.3, -0.25) is 9.59 Å². The molecule has 0 saturated heterocycles. The average molecular weight is 365 g/mol. The number of ether oxygens (including phenoxy) is 1. The Bertz CT molecular complexity index is 1020. The molecule has 0 saturated carbocycles. The van der Waals surface area contributed by atoms with Gasteiger partial charge in [-0.05, 0) is 38.5 Å². The van der Waals surface area contributed by atoms with Crippen molar-refractivity contribution < 1.29 is 9.53 Å². The van der Waals surface area contributed by atoms with E-state index in [2.05, 4.69) is 10.4 Å². The molecule has 140 valence electrons. The fourth-order valence-electron chi connectivity index (χ4n) is 2.81. The number of benzene rings is 2. The maximum absolute atomic E-state index is 13.0. The van der Waals surface area contributed by atoms with Crippen LogP contribution in [-0.2, 0) is 0 Å². The quantitative estimate of drug-likeness (QED) is 0.716. The molecule has 27 heavy (non-hydrogen) atoms. The van der Waals surface area contributed by atoms with Gasteiger partial charge in [0.15, 0.2) is 5.69 Å². The summed E-state index contributed by atoms with van der Waals surface area (Å²) in [4.78, 5) is 25.6. The summed E-state index contributed by atoms with van der Waals surface area (Å²) in [5, 5.41) is 8.22. The first kappa shape index (κ1) is 18.6. The van der Waals surface area contributed by atoms with E-state index in [-0.39, 0.29) is 23.2 Å². The van der Waals surface area contributed by atoms with E-state index in [0.717, 1.165) is 6.42 Å². The second kappa shape index (κ2) is 8.03. The molecule has 2 aromatic carbocycles. The van der Waals surface area contributed by atoms with E-state index < -0.39 is 0 Å². The molecule has 1 aromatic heterocycles. The molecule has 0 bridgehead atoms. The number of hydrogen-bond acceptors (Lipinski definition) is 4. The van der Waals surface area contributed by atoms with Gasteiger partial charge in [0.2, 0.25) is 0 Å². The maximum Gasteiger partial charge on any atom is 0.276 e. The molecule has 0 spiro atoms. The van der Waals surface area contributed by atoms with Gasteiger partial charge in [0.1, 0.15) is 5.75 Å². The van der Waals surface area contributed by atoms with E-state index >= 15 is 0 Å². The van der Waals surface area contributed by atoms with Crippen molar-refractivity contribution in [2.45, 2.75) is 33.2 Å². The van der Waals surface area contributed by atoms with Crippen LogP contribution in [0.4, 0.5) is 5.69 Å².